The average Bonchev–Trinajstić information content (AvgIpc) is 2.61. The van der Waals surface area contributed by atoms with Crippen LogP contribution >= 0.6 is 0 Å². The molecule has 0 heterocycles. The van der Waals surface area contributed by atoms with E-state index in [1.165, 1.54) is 12.1 Å². The molecule has 2 aromatic carbocycles. The van der Waals surface area contributed by atoms with Gasteiger partial charge in [-0.05, 0) is 29.8 Å². The first kappa shape index (κ1) is 21.2. The molecule has 0 atom stereocenters. The Kier molecular flexibility index (Phi) is 6.61. The minimum atomic E-state index is -4.36. The van der Waals surface area contributed by atoms with Crippen LogP contribution in [0.15, 0.2) is 61.2 Å². The van der Waals surface area contributed by atoms with Gasteiger partial charge in [-0.2, -0.15) is 13.2 Å². The molecule has 0 amide bonds. The van der Waals surface area contributed by atoms with Crippen molar-refractivity contribution in [2.45, 2.75) is 18.9 Å². The molecule has 0 unspecified atom stereocenters. The van der Waals surface area contributed by atoms with Gasteiger partial charge < -0.3 is 14.2 Å². The average molecular weight is 402 g/mol. The van der Waals surface area contributed by atoms with Crippen molar-refractivity contribution in [3.8, 4) is 11.5 Å². The molecule has 0 saturated carbocycles. The van der Waals surface area contributed by atoms with Gasteiger partial charge in [-0.25, -0.2) is 4.79 Å². The summed E-state index contributed by atoms with van der Waals surface area (Å²) < 4.78 is 77.0. The van der Waals surface area contributed by atoms with Crippen molar-refractivity contribution in [2.75, 3.05) is 6.61 Å². The second kappa shape index (κ2) is 8.73. The molecule has 28 heavy (non-hydrogen) atoms. The summed E-state index contributed by atoms with van der Waals surface area (Å²) in [5.74, 6) is -1.72. The molecule has 0 aliphatic carbocycles. The molecule has 0 aliphatic heterocycles. The van der Waals surface area contributed by atoms with Gasteiger partial charge in [0.25, 0.3) is 0 Å². The molecule has 2 rings (SSSR count). The first-order chi connectivity index (χ1) is 13.1. The van der Waals surface area contributed by atoms with Crippen molar-refractivity contribution in [3.05, 3.63) is 66.7 Å². The van der Waals surface area contributed by atoms with Gasteiger partial charge >= 0.3 is 18.4 Å². The van der Waals surface area contributed by atoms with Crippen LogP contribution in [0.2, 0.25) is 0 Å². The third-order valence-corrected chi connectivity index (χ3v) is 3.29. The molecule has 2 aromatic rings. The second-order valence-corrected chi connectivity index (χ2v) is 5.48. The van der Waals surface area contributed by atoms with Crippen LogP contribution < -0.4 is 9.47 Å². The smallest absolute Gasteiger partial charge is 0.493 e. The molecule has 0 radical (unpaired) electrons. The fourth-order valence-corrected chi connectivity index (χ4v) is 1.97. The van der Waals surface area contributed by atoms with Gasteiger partial charge in [0.1, 0.15) is 11.5 Å². The summed E-state index contributed by atoms with van der Waals surface area (Å²) in [4.78, 5) is 11.8. The van der Waals surface area contributed by atoms with Gasteiger partial charge in [0, 0.05) is 0 Å². The lowest BCUT2D eigenvalue weighted by Crippen LogP contribution is -2.31. The van der Waals surface area contributed by atoms with Gasteiger partial charge in [0.2, 0.25) is 0 Å². The standard InChI is InChI=1S/C19H15F5O4/c1-13(14-5-3-2-4-6-14)17(25)28-19(23,24)27-16-9-7-15(8-10-16)26-12-11-18(20,21)22/h2-10H,1,11-12H2. The summed E-state index contributed by atoms with van der Waals surface area (Å²) in [5.41, 5.74) is 0.0287. The largest absolute Gasteiger partial charge is 0.588 e. The van der Waals surface area contributed by atoms with E-state index in [0.29, 0.717) is 5.56 Å². The zero-order valence-electron chi connectivity index (χ0n) is 14.3. The first-order valence-corrected chi connectivity index (χ1v) is 7.90. The minimum absolute atomic E-state index is 0.0365. The van der Waals surface area contributed by atoms with Crippen LogP contribution in [0.5, 0.6) is 11.5 Å². The highest BCUT2D eigenvalue weighted by Gasteiger charge is 2.39. The summed E-state index contributed by atoms with van der Waals surface area (Å²) in [6.07, 6.45) is -9.79. The quantitative estimate of drug-likeness (QED) is 0.263. The lowest BCUT2D eigenvalue weighted by Gasteiger charge is -2.18. The molecule has 0 spiro atoms. The van der Waals surface area contributed by atoms with E-state index >= 15 is 0 Å². The van der Waals surface area contributed by atoms with E-state index in [-0.39, 0.29) is 17.1 Å². The monoisotopic (exact) mass is 402 g/mol. The van der Waals surface area contributed by atoms with Gasteiger partial charge in [-0.3, -0.25) is 0 Å². The zero-order valence-corrected chi connectivity index (χ0v) is 14.3. The highest BCUT2D eigenvalue weighted by atomic mass is 19.4. The lowest BCUT2D eigenvalue weighted by atomic mass is 10.1. The minimum Gasteiger partial charge on any atom is -0.493 e. The Hall–Kier alpha value is -3.10. The molecule has 0 N–H and O–H groups in total. The summed E-state index contributed by atoms with van der Waals surface area (Å²) in [5, 5.41) is 0. The van der Waals surface area contributed by atoms with Crippen molar-refractivity contribution >= 4 is 11.5 Å². The van der Waals surface area contributed by atoms with Crippen LogP contribution in [0.3, 0.4) is 0 Å². The molecular formula is C19H15F5O4. The summed E-state index contributed by atoms with van der Waals surface area (Å²) in [6.45, 7) is 2.80. The third-order valence-electron chi connectivity index (χ3n) is 3.29. The van der Waals surface area contributed by atoms with Crippen LogP contribution in [-0.2, 0) is 9.53 Å². The Morgan fingerprint density at radius 3 is 2.04 bits per heavy atom. The van der Waals surface area contributed by atoms with E-state index in [0.717, 1.165) is 24.3 Å². The number of carbonyl (C=O) groups excluding carboxylic acids is 1. The first-order valence-electron chi connectivity index (χ1n) is 7.90. The molecule has 0 saturated heterocycles. The van der Waals surface area contributed by atoms with Gasteiger partial charge in [-0.1, -0.05) is 36.9 Å². The fourth-order valence-electron chi connectivity index (χ4n) is 1.97. The van der Waals surface area contributed by atoms with Crippen molar-refractivity contribution < 1.29 is 41.0 Å². The Balaban J connectivity index is 1.90. The van der Waals surface area contributed by atoms with E-state index in [4.69, 9.17) is 4.74 Å². The number of hydrogen-bond donors (Lipinski definition) is 0. The predicted octanol–water partition coefficient (Wildman–Crippen LogP) is 5.20. The number of hydrogen-bond acceptors (Lipinski definition) is 4. The highest BCUT2D eigenvalue weighted by molar-refractivity contribution is 6.15. The van der Waals surface area contributed by atoms with E-state index in [9.17, 15) is 26.7 Å². The number of esters is 1. The van der Waals surface area contributed by atoms with Crippen molar-refractivity contribution in [3.63, 3.8) is 0 Å². The SMILES string of the molecule is C=C(C(=O)OC(F)(F)Oc1ccc(OCCC(F)(F)F)cc1)c1ccccc1. The van der Waals surface area contributed by atoms with Crippen LogP contribution in [0.4, 0.5) is 22.0 Å². The van der Waals surface area contributed by atoms with Gasteiger partial charge in [0.05, 0.1) is 18.6 Å². The lowest BCUT2D eigenvalue weighted by molar-refractivity contribution is -0.331. The zero-order chi connectivity index (χ0) is 20.8. The summed E-state index contributed by atoms with van der Waals surface area (Å²) in [6, 6.07) is 12.2. The summed E-state index contributed by atoms with van der Waals surface area (Å²) >= 11 is 0. The molecule has 4 nitrogen and oxygen atoms in total. The maximum atomic E-state index is 13.8. The van der Waals surface area contributed by atoms with Gasteiger partial charge in [0.15, 0.2) is 0 Å². The van der Waals surface area contributed by atoms with Crippen LogP contribution in [0.25, 0.3) is 5.57 Å². The van der Waals surface area contributed by atoms with E-state index in [1.54, 1.807) is 18.2 Å². The molecule has 0 aliphatic rings. The van der Waals surface area contributed by atoms with Crippen molar-refractivity contribution in [1.82, 2.24) is 0 Å². The van der Waals surface area contributed by atoms with Crippen LogP contribution in [-0.4, -0.2) is 25.0 Å². The predicted molar refractivity (Wildman–Crippen MR) is 89.8 cm³/mol. The Morgan fingerprint density at radius 1 is 0.893 bits per heavy atom. The van der Waals surface area contributed by atoms with Gasteiger partial charge in [-0.15, -0.1) is 8.78 Å². The Labute approximate surface area is 157 Å². The molecule has 150 valence electrons. The molecule has 0 fully saturated rings. The van der Waals surface area contributed by atoms with Crippen LogP contribution in [0, 0.1) is 0 Å². The van der Waals surface area contributed by atoms with Crippen molar-refractivity contribution in [2.24, 2.45) is 0 Å². The molecule has 0 bridgehead atoms. The molecule has 9 heteroatoms. The van der Waals surface area contributed by atoms with Crippen molar-refractivity contribution in [1.29, 1.82) is 0 Å². The van der Waals surface area contributed by atoms with E-state index in [1.807, 2.05) is 0 Å². The van der Waals surface area contributed by atoms with E-state index < -0.39 is 31.5 Å². The maximum absolute atomic E-state index is 13.8. The number of halogens is 5. The molecular weight excluding hydrogens is 387 g/mol. The number of ether oxygens (including phenoxy) is 3. The topological polar surface area (TPSA) is 44.8 Å². The number of rotatable bonds is 8. The number of alkyl halides is 5. The van der Waals surface area contributed by atoms with Crippen LogP contribution in [0.1, 0.15) is 12.0 Å². The number of carbonyl (C=O) groups is 1. The Morgan fingerprint density at radius 2 is 1.46 bits per heavy atom. The normalized spacial score (nSPS) is 11.6. The third kappa shape index (κ3) is 6.90. The maximum Gasteiger partial charge on any atom is 0.588 e. The fraction of sp³-hybridized carbons (Fsp3) is 0.211. The number of benzene rings is 2. The Bertz CT molecular complexity index is 801. The van der Waals surface area contributed by atoms with E-state index in [2.05, 4.69) is 16.1 Å². The molecule has 0 aromatic heterocycles. The summed E-state index contributed by atoms with van der Waals surface area (Å²) in [7, 11) is 0. The second-order valence-electron chi connectivity index (χ2n) is 5.48. The highest BCUT2D eigenvalue weighted by Crippen LogP contribution is 2.27.